The van der Waals surface area contributed by atoms with Gasteiger partial charge in [0, 0.05) is 5.69 Å². The first kappa shape index (κ1) is 18.4. The number of nitrogens with zero attached hydrogens (tertiary/aromatic N) is 1. The van der Waals surface area contributed by atoms with Gasteiger partial charge in [0.2, 0.25) is 0 Å². The van der Waals surface area contributed by atoms with Crippen molar-refractivity contribution in [3.63, 3.8) is 0 Å². The molecule has 28 heavy (non-hydrogen) atoms. The lowest BCUT2D eigenvalue weighted by molar-refractivity contribution is 0.136. The smallest absolute Gasteiger partial charge is 0.122 e. The molecule has 2 heteroatoms. The molecule has 0 bridgehead atoms. The molecule has 3 aromatic carbocycles. The van der Waals surface area contributed by atoms with E-state index in [1.54, 1.807) is 0 Å². The van der Waals surface area contributed by atoms with E-state index in [2.05, 4.69) is 117 Å². The Bertz CT molecular complexity index is 929. The monoisotopic (exact) mass is 369 g/mol. The molecule has 4 rings (SSSR count). The van der Waals surface area contributed by atoms with Gasteiger partial charge >= 0.3 is 0 Å². The van der Waals surface area contributed by atoms with Crippen molar-refractivity contribution in [1.82, 2.24) is 0 Å². The summed E-state index contributed by atoms with van der Waals surface area (Å²) in [5, 5.41) is 0. The minimum absolute atomic E-state index is 0.0523. The predicted octanol–water partition coefficient (Wildman–Crippen LogP) is 6.61. The van der Waals surface area contributed by atoms with Crippen molar-refractivity contribution < 1.29 is 4.74 Å². The van der Waals surface area contributed by atoms with Crippen LogP contribution in [0.2, 0.25) is 0 Å². The zero-order chi connectivity index (χ0) is 19.5. The molecule has 0 amide bonds. The van der Waals surface area contributed by atoms with Crippen molar-refractivity contribution >= 4 is 5.69 Å². The lowest BCUT2D eigenvalue weighted by Gasteiger charge is -2.34. The van der Waals surface area contributed by atoms with E-state index in [1.165, 1.54) is 22.4 Å². The zero-order valence-electron chi connectivity index (χ0n) is 16.7. The third kappa shape index (κ3) is 3.68. The largest absolute Gasteiger partial charge is 0.493 e. The summed E-state index contributed by atoms with van der Waals surface area (Å²) in [5.74, 6) is 1.02. The molecule has 0 radical (unpaired) electrons. The van der Waals surface area contributed by atoms with E-state index in [4.69, 9.17) is 4.74 Å². The van der Waals surface area contributed by atoms with Crippen LogP contribution in [0.5, 0.6) is 0 Å². The van der Waals surface area contributed by atoms with Gasteiger partial charge in [-0.15, -0.1) is 0 Å². The molecule has 0 aromatic heterocycles. The fourth-order valence-corrected chi connectivity index (χ4v) is 3.89. The summed E-state index contributed by atoms with van der Waals surface area (Å²) in [5.41, 5.74) is 4.98. The number of ether oxygens (including phenoxy) is 1. The molecule has 1 heterocycles. The molecule has 0 saturated carbocycles. The van der Waals surface area contributed by atoms with Crippen LogP contribution >= 0.6 is 0 Å². The molecule has 1 aliphatic rings. The zero-order valence-corrected chi connectivity index (χ0v) is 16.7. The molecule has 0 aliphatic carbocycles. The summed E-state index contributed by atoms with van der Waals surface area (Å²) in [6.07, 6.45) is 2.42. The molecular formula is C26H27NO. The molecule has 0 spiro atoms. The van der Waals surface area contributed by atoms with E-state index < -0.39 is 0 Å². The summed E-state index contributed by atoms with van der Waals surface area (Å²) >= 11 is 0. The lowest BCUT2D eigenvalue weighted by Crippen LogP contribution is -2.28. The Morgan fingerprint density at radius 3 is 1.89 bits per heavy atom. The fraction of sp³-hybridized carbons (Fsp3) is 0.231. The number of hydrogen-bond acceptors (Lipinski definition) is 2. The molecule has 3 aromatic rings. The number of benzene rings is 3. The summed E-state index contributed by atoms with van der Waals surface area (Å²) < 4.78 is 6.32. The number of anilines is 1. The third-order valence-electron chi connectivity index (χ3n) is 5.13. The molecule has 0 unspecified atom stereocenters. The van der Waals surface area contributed by atoms with Crippen LogP contribution in [0.1, 0.15) is 42.6 Å². The van der Waals surface area contributed by atoms with E-state index in [9.17, 15) is 0 Å². The van der Waals surface area contributed by atoms with E-state index in [0.717, 1.165) is 5.76 Å². The van der Waals surface area contributed by atoms with Crippen LogP contribution in [0, 0.1) is 6.92 Å². The van der Waals surface area contributed by atoms with E-state index in [-0.39, 0.29) is 18.2 Å². The minimum atomic E-state index is 0.0523. The molecule has 2 nitrogen and oxygen atoms in total. The minimum Gasteiger partial charge on any atom is -0.493 e. The molecule has 2 atom stereocenters. The Kier molecular flexibility index (Phi) is 5.21. The summed E-state index contributed by atoms with van der Waals surface area (Å²) in [7, 11) is 0. The normalized spacial score (nSPS) is 19.0. The van der Waals surface area contributed by atoms with Crippen molar-refractivity contribution in [3.8, 4) is 0 Å². The Hall–Kier alpha value is -3.00. The van der Waals surface area contributed by atoms with Gasteiger partial charge in [-0.1, -0.05) is 78.4 Å². The van der Waals surface area contributed by atoms with Crippen LogP contribution in [0.15, 0.2) is 96.8 Å². The van der Waals surface area contributed by atoms with Crippen LogP contribution in [0.3, 0.4) is 0 Å². The Balaban J connectivity index is 1.86. The van der Waals surface area contributed by atoms with Gasteiger partial charge in [-0.3, -0.25) is 0 Å². The van der Waals surface area contributed by atoms with Crippen molar-refractivity contribution in [1.29, 1.82) is 0 Å². The lowest BCUT2D eigenvalue weighted by atomic mass is 10.0. The molecule has 0 fully saturated rings. The van der Waals surface area contributed by atoms with E-state index in [1.807, 2.05) is 0 Å². The van der Waals surface area contributed by atoms with Crippen LogP contribution < -0.4 is 4.90 Å². The Labute approximate surface area is 168 Å². The maximum Gasteiger partial charge on any atom is 0.122 e. The first-order valence-corrected chi connectivity index (χ1v) is 9.97. The SMILES string of the molecule is Cc1ccc(N2[C@@H](c3ccccc3)C=C(OC(C)C)[C@@H]2c2ccccc2)cc1. The summed E-state index contributed by atoms with van der Waals surface area (Å²) in [6.45, 7) is 6.31. The first-order valence-electron chi connectivity index (χ1n) is 9.97. The standard InChI is InChI=1S/C26H27NO/c1-19(2)28-25-18-24(21-10-6-4-7-11-21)27(23-16-14-20(3)15-17-23)26(25)22-12-8-5-9-13-22/h4-19,24,26H,1-3H3/t24-,26+/m1/s1. The van der Waals surface area contributed by atoms with Crippen molar-refractivity contribution in [3.05, 3.63) is 113 Å². The molecule has 0 N–H and O–H groups in total. The van der Waals surface area contributed by atoms with Crippen LogP contribution in [-0.4, -0.2) is 6.10 Å². The second-order valence-electron chi connectivity index (χ2n) is 7.65. The second kappa shape index (κ2) is 7.93. The molecule has 0 saturated heterocycles. The van der Waals surface area contributed by atoms with Gasteiger partial charge in [0.1, 0.15) is 11.8 Å². The average Bonchev–Trinajstić information content (AvgIpc) is 3.08. The quantitative estimate of drug-likeness (QED) is 0.502. The van der Waals surface area contributed by atoms with Gasteiger partial charge in [0.15, 0.2) is 0 Å². The average molecular weight is 370 g/mol. The van der Waals surface area contributed by atoms with E-state index >= 15 is 0 Å². The van der Waals surface area contributed by atoms with Crippen LogP contribution in [0.4, 0.5) is 5.69 Å². The van der Waals surface area contributed by atoms with Crippen LogP contribution in [-0.2, 0) is 4.74 Å². The highest BCUT2D eigenvalue weighted by molar-refractivity contribution is 5.58. The molecule has 1 aliphatic heterocycles. The molecule has 142 valence electrons. The van der Waals surface area contributed by atoms with Gasteiger partial charge in [0.05, 0.1) is 12.1 Å². The second-order valence-corrected chi connectivity index (χ2v) is 7.65. The van der Waals surface area contributed by atoms with Gasteiger partial charge < -0.3 is 9.64 Å². The Morgan fingerprint density at radius 1 is 0.750 bits per heavy atom. The summed E-state index contributed by atoms with van der Waals surface area (Å²) in [4.78, 5) is 2.47. The van der Waals surface area contributed by atoms with Gasteiger partial charge in [0.25, 0.3) is 0 Å². The predicted molar refractivity (Wildman–Crippen MR) is 116 cm³/mol. The molecular weight excluding hydrogens is 342 g/mol. The topological polar surface area (TPSA) is 12.5 Å². The Morgan fingerprint density at radius 2 is 1.32 bits per heavy atom. The summed E-state index contributed by atoms with van der Waals surface area (Å²) in [6, 6.07) is 30.3. The highest BCUT2D eigenvalue weighted by Gasteiger charge is 2.38. The number of hydrogen-bond donors (Lipinski definition) is 0. The van der Waals surface area contributed by atoms with Crippen molar-refractivity contribution in [2.75, 3.05) is 4.90 Å². The fourth-order valence-electron chi connectivity index (χ4n) is 3.89. The van der Waals surface area contributed by atoms with Gasteiger partial charge in [-0.05, 0) is 50.1 Å². The third-order valence-corrected chi connectivity index (χ3v) is 5.13. The highest BCUT2D eigenvalue weighted by atomic mass is 16.5. The van der Waals surface area contributed by atoms with Crippen molar-refractivity contribution in [2.45, 2.75) is 39.0 Å². The van der Waals surface area contributed by atoms with Gasteiger partial charge in [-0.2, -0.15) is 0 Å². The van der Waals surface area contributed by atoms with Crippen molar-refractivity contribution in [2.24, 2.45) is 0 Å². The number of rotatable bonds is 5. The highest BCUT2D eigenvalue weighted by Crippen LogP contribution is 2.46. The first-order chi connectivity index (χ1) is 13.6. The number of aryl methyl sites for hydroxylation is 1. The van der Waals surface area contributed by atoms with E-state index in [0.29, 0.717) is 0 Å². The maximum absolute atomic E-state index is 6.32. The maximum atomic E-state index is 6.32. The van der Waals surface area contributed by atoms with Gasteiger partial charge in [-0.25, -0.2) is 0 Å². The van der Waals surface area contributed by atoms with Crippen LogP contribution in [0.25, 0.3) is 0 Å².